The first-order chi connectivity index (χ1) is 13.3. The number of likely N-dealkylation sites (tertiary alicyclic amines) is 1. The van der Waals surface area contributed by atoms with Gasteiger partial charge in [-0.3, -0.25) is 9.59 Å². The van der Waals surface area contributed by atoms with Crippen molar-refractivity contribution in [1.82, 2.24) is 10.2 Å². The van der Waals surface area contributed by atoms with Gasteiger partial charge in [-0.2, -0.15) is 0 Å². The van der Waals surface area contributed by atoms with Crippen LogP contribution in [-0.4, -0.2) is 60.1 Å². The summed E-state index contributed by atoms with van der Waals surface area (Å²) in [6, 6.07) is 4.56. The molecule has 0 aromatic heterocycles. The van der Waals surface area contributed by atoms with E-state index in [2.05, 4.69) is 11.9 Å². The van der Waals surface area contributed by atoms with E-state index in [4.69, 9.17) is 4.74 Å². The first-order valence-electron chi connectivity index (χ1n) is 9.41. The van der Waals surface area contributed by atoms with Gasteiger partial charge in [-0.1, -0.05) is 23.3 Å². The minimum Gasteiger partial charge on any atom is -0.480 e. The highest BCUT2D eigenvalue weighted by molar-refractivity contribution is 5.95. The molecule has 152 valence electrons. The molecule has 2 unspecified atom stereocenters. The zero-order valence-electron chi connectivity index (χ0n) is 16.4. The number of piperidine rings is 1. The number of aliphatic carboxylic acids is 1. The number of benzene rings is 1. The molecule has 0 radical (unpaired) electrons. The summed E-state index contributed by atoms with van der Waals surface area (Å²) in [6.07, 6.45) is 2.82. The average Bonchev–Trinajstić information content (AvgIpc) is 2.65. The number of hydrogen-bond acceptors (Lipinski definition) is 4. The third-order valence-corrected chi connectivity index (χ3v) is 4.68. The molecular weight excluding hydrogens is 360 g/mol. The molecule has 0 spiro atoms. The number of carbonyl (C=O) groups excluding carboxylic acids is 2. The van der Waals surface area contributed by atoms with Gasteiger partial charge in [0.2, 0.25) is 5.91 Å². The molecule has 2 rings (SSSR count). The summed E-state index contributed by atoms with van der Waals surface area (Å²) >= 11 is 0. The molecule has 1 aliphatic heterocycles. The van der Waals surface area contributed by atoms with Crippen LogP contribution >= 0.6 is 0 Å². The van der Waals surface area contributed by atoms with Crippen LogP contribution in [0, 0.1) is 19.8 Å². The van der Waals surface area contributed by atoms with Gasteiger partial charge < -0.3 is 20.1 Å². The van der Waals surface area contributed by atoms with Gasteiger partial charge in [0, 0.05) is 18.7 Å². The standard InChI is InChI=1S/C21H28N2O5/c1-4-8-28-13-18(21(26)27)22-19(24)16-6-5-7-23(12-16)20(25)17-10-14(2)9-15(3)11-17/h4,9-11,16,18H,1,5-8,12-13H2,2-3H3,(H,22,24)(H,26,27). The van der Waals surface area contributed by atoms with Crippen LogP contribution in [0.3, 0.4) is 0 Å². The largest absolute Gasteiger partial charge is 0.480 e. The van der Waals surface area contributed by atoms with Crippen LogP contribution in [0.4, 0.5) is 0 Å². The van der Waals surface area contributed by atoms with Crippen LogP contribution < -0.4 is 5.32 Å². The van der Waals surface area contributed by atoms with Crippen LogP contribution in [0.2, 0.25) is 0 Å². The Morgan fingerprint density at radius 2 is 2.00 bits per heavy atom. The van der Waals surface area contributed by atoms with E-state index in [1.165, 1.54) is 6.08 Å². The number of carboxylic acids is 1. The summed E-state index contributed by atoms with van der Waals surface area (Å²) in [7, 11) is 0. The summed E-state index contributed by atoms with van der Waals surface area (Å²) in [4.78, 5) is 38.4. The van der Waals surface area contributed by atoms with Crippen molar-refractivity contribution in [3.63, 3.8) is 0 Å². The first-order valence-corrected chi connectivity index (χ1v) is 9.41. The molecule has 7 nitrogen and oxygen atoms in total. The first kappa shape index (κ1) is 21.6. The Kier molecular flexibility index (Phi) is 7.75. The molecule has 1 heterocycles. The minimum absolute atomic E-state index is 0.103. The van der Waals surface area contributed by atoms with E-state index in [-0.39, 0.29) is 31.6 Å². The second-order valence-corrected chi connectivity index (χ2v) is 7.19. The van der Waals surface area contributed by atoms with Crippen molar-refractivity contribution in [3.05, 3.63) is 47.5 Å². The van der Waals surface area contributed by atoms with Gasteiger partial charge in [-0.15, -0.1) is 6.58 Å². The normalized spacial score (nSPS) is 17.6. The van der Waals surface area contributed by atoms with Crippen LogP contribution in [0.15, 0.2) is 30.9 Å². The highest BCUT2D eigenvalue weighted by Crippen LogP contribution is 2.20. The number of rotatable bonds is 8. The van der Waals surface area contributed by atoms with Gasteiger partial charge in [-0.25, -0.2) is 4.79 Å². The van der Waals surface area contributed by atoms with Crippen LogP contribution in [-0.2, 0) is 14.3 Å². The molecule has 0 bridgehead atoms. The van der Waals surface area contributed by atoms with Crippen molar-refractivity contribution in [2.45, 2.75) is 32.7 Å². The molecule has 0 aliphatic carbocycles. The second kappa shape index (κ2) is 10.0. The lowest BCUT2D eigenvalue weighted by atomic mass is 9.95. The highest BCUT2D eigenvalue weighted by atomic mass is 16.5. The van der Waals surface area contributed by atoms with E-state index in [1.54, 1.807) is 4.90 Å². The summed E-state index contributed by atoms with van der Waals surface area (Å²) < 4.78 is 5.16. The van der Waals surface area contributed by atoms with Gasteiger partial charge in [0.1, 0.15) is 0 Å². The third-order valence-electron chi connectivity index (χ3n) is 4.68. The molecule has 1 aromatic rings. The Balaban J connectivity index is 2.00. The van der Waals surface area contributed by atoms with Gasteiger partial charge >= 0.3 is 5.97 Å². The number of carbonyl (C=O) groups is 3. The molecule has 1 fully saturated rings. The van der Waals surface area contributed by atoms with E-state index in [1.807, 2.05) is 32.0 Å². The van der Waals surface area contributed by atoms with E-state index >= 15 is 0 Å². The molecular formula is C21H28N2O5. The summed E-state index contributed by atoms with van der Waals surface area (Å²) in [5.74, 6) is -2.07. The minimum atomic E-state index is -1.16. The van der Waals surface area contributed by atoms with E-state index < -0.39 is 17.9 Å². The molecule has 2 amide bonds. The molecule has 1 aromatic carbocycles. The quantitative estimate of drug-likeness (QED) is 0.524. The molecule has 1 saturated heterocycles. The Bertz CT molecular complexity index is 726. The molecule has 7 heteroatoms. The fourth-order valence-corrected chi connectivity index (χ4v) is 3.39. The number of amides is 2. The maximum absolute atomic E-state index is 12.8. The van der Waals surface area contributed by atoms with Gasteiger partial charge in [-0.05, 0) is 38.8 Å². The lowest BCUT2D eigenvalue weighted by Crippen LogP contribution is -2.50. The number of nitrogens with zero attached hydrogens (tertiary/aromatic N) is 1. The van der Waals surface area contributed by atoms with E-state index in [9.17, 15) is 19.5 Å². The van der Waals surface area contributed by atoms with E-state index in [0.29, 0.717) is 24.9 Å². The van der Waals surface area contributed by atoms with Crippen molar-refractivity contribution >= 4 is 17.8 Å². The average molecular weight is 388 g/mol. The maximum atomic E-state index is 12.8. The third kappa shape index (κ3) is 5.92. The van der Waals surface area contributed by atoms with Gasteiger partial charge in [0.25, 0.3) is 5.91 Å². The second-order valence-electron chi connectivity index (χ2n) is 7.19. The van der Waals surface area contributed by atoms with Crippen molar-refractivity contribution in [2.75, 3.05) is 26.3 Å². The number of ether oxygens (including phenoxy) is 1. The van der Waals surface area contributed by atoms with Crippen molar-refractivity contribution in [1.29, 1.82) is 0 Å². The summed E-state index contributed by atoms with van der Waals surface area (Å²) in [5.41, 5.74) is 2.64. The number of carboxylic acid groups (broad SMARTS) is 1. The van der Waals surface area contributed by atoms with Crippen molar-refractivity contribution < 1.29 is 24.2 Å². The predicted molar refractivity (Wildman–Crippen MR) is 105 cm³/mol. The SMILES string of the molecule is C=CCOCC(NC(=O)C1CCCN(C(=O)c2cc(C)cc(C)c2)C1)C(=O)O. The molecule has 2 atom stereocenters. The van der Waals surface area contributed by atoms with Gasteiger partial charge in [0.15, 0.2) is 6.04 Å². The van der Waals surface area contributed by atoms with Crippen LogP contribution in [0.25, 0.3) is 0 Å². The smallest absolute Gasteiger partial charge is 0.328 e. The summed E-state index contributed by atoms with van der Waals surface area (Å²) in [5, 5.41) is 11.8. The van der Waals surface area contributed by atoms with E-state index in [0.717, 1.165) is 11.1 Å². The number of nitrogens with one attached hydrogen (secondary N) is 1. The zero-order chi connectivity index (χ0) is 20.7. The Labute approximate surface area is 165 Å². The van der Waals surface area contributed by atoms with Gasteiger partial charge in [0.05, 0.1) is 19.1 Å². The Morgan fingerprint density at radius 1 is 1.32 bits per heavy atom. The Morgan fingerprint density at radius 3 is 2.61 bits per heavy atom. The number of aryl methyl sites for hydroxylation is 2. The highest BCUT2D eigenvalue weighted by Gasteiger charge is 2.31. The summed E-state index contributed by atoms with van der Waals surface area (Å²) in [6.45, 7) is 8.32. The fourth-order valence-electron chi connectivity index (χ4n) is 3.39. The number of hydrogen-bond donors (Lipinski definition) is 2. The monoisotopic (exact) mass is 388 g/mol. The molecule has 1 aliphatic rings. The lowest BCUT2D eigenvalue weighted by Gasteiger charge is -2.32. The van der Waals surface area contributed by atoms with Crippen LogP contribution in [0.1, 0.15) is 34.3 Å². The maximum Gasteiger partial charge on any atom is 0.328 e. The predicted octanol–water partition coefficient (Wildman–Crippen LogP) is 1.93. The fraction of sp³-hybridized carbons (Fsp3) is 0.476. The molecule has 0 saturated carbocycles. The Hall–Kier alpha value is -2.67. The zero-order valence-corrected chi connectivity index (χ0v) is 16.4. The van der Waals surface area contributed by atoms with Crippen LogP contribution in [0.5, 0.6) is 0 Å². The topological polar surface area (TPSA) is 95.9 Å². The van der Waals surface area contributed by atoms with Crippen molar-refractivity contribution in [3.8, 4) is 0 Å². The lowest BCUT2D eigenvalue weighted by molar-refractivity contribution is -0.144. The molecule has 28 heavy (non-hydrogen) atoms. The van der Waals surface area contributed by atoms with Crippen molar-refractivity contribution in [2.24, 2.45) is 5.92 Å². The molecule has 2 N–H and O–H groups in total.